The van der Waals surface area contributed by atoms with Gasteiger partial charge in [0.2, 0.25) is 0 Å². The van der Waals surface area contributed by atoms with Crippen LogP contribution in [-0.2, 0) is 9.53 Å². The summed E-state index contributed by atoms with van der Waals surface area (Å²) in [4.78, 5) is 19.3. The van der Waals surface area contributed by atoms with E-state index in [1.165, 1.54) is 23.8 Å². The van der Waals surface area contributed by atoms with Crippen molar-refractivity contribution >= 4 is 75.6 Å². The summed E-state index contributed by atoms with van der Waals surface area (Å²) < 4.78 is 11.0. The Hall–Kier alpha value is -1.74. The minimum absolute atomic E-state index is 0.0398. The predicted molar refractivity (Wildman–Crippen MR) is 128 cm³/mol. The van der Waals surface area contributed by atoms with E-state index in [4.69, 9.17) is 4.74 Å². The number of anilines is 1. The highest BCUT2D eigenvalue weighted by atomic mass is 32.1. The number of hydrogen-bond acceptors (Lipinski definition) is 7. The molecule has 0 radical (unpaired) electrons. The maximum Gasteiger partial charge on any atom is 0.277 e. The van der Waals surface area contributed by atoms with E-state index in [9.17, 15) is 4.79 Å². The monoisotopic (exact) mass is 447 g/mol. The molecule has 0 spiro atoms. The quantitative estimate of drug-likeness (QED) is 0.450. The summed E-state index contributed by atoms with van der Waals surface area (Å²) >= 11 is 5.34. The van der Waals surface area contributed by atoms with Gasteiger partial charge in [0.05, 0.1) is 20.0 Å². The Bertz CT molecular complexity index is 1130. The van der Waals surface area contributed by atoms with Crippen LogP contribution in [0.2, 0.25) is 0 Å². The maximum absolute atomic E-state index is 12.2. The van der Waals surface area contributed by atoms with Gasteiger partial charge in [-0.25, -0.2) is 4.99 Å². The number of thiophene rings is 3. The summed E-state index contributed by atoms with van der Waals surface area (Å²) in [5.74, 6) is 0.700. The molecule has 0 aromatic carbocycles. The third-order valence-electron chi connectivity index (χ3n) is 4.97. The molecule has 0 fully saturated rings. The van der Waals surface area contributed by atoms with Crippen LogP contribution in [0.3, 0.4) is 0 Å². The van der Waals surface area contributed by atoms with E-state index in [2.05, 4.69) is 36.3 Å². The van der Waals surface area contributed by atoms with Gasteiger partial charge < -0.3 is 10.1 Å². The van der Waals surface area contributed by atoms with Crippen molar-refractivity contribution in [3.63, 3.8) is 0 Å². The van der Waals surface area contributed by atoms with Crippen molar-refractivity contribution in [3.8, 4) is 0 Å². The van der Waals surface area contributed by atoms with Crippen molar-refractivity contribution in [2.45, 2.75) is 39.7 Å². The number of ether oxygens (including phenoxy) is 1. The van der Waals surface area contributed by atoms with Gasteiger partial charge in [0.1, 0.15) is 11.5 Å². The van der Waals surface area contributed by atoms with Gasteiger partial charge in [-0.15, -0.1) is 34.0 Å². The molecule has 3 aromatic heterocycles. The highest BCUT2D eigenvalue weighted by Gasteiger charge is 2.24. The number of amidine groups is 1. The van der Waals surface area contributed by atoms with Crippen LogP contribution >= 0.6 is 34.0 Å². The largest absolute Gasteiger partial charge is 0.377 e. The van der Waals surface area contributed by atoms with E-state index < -0.39 is 0 Å². The summed E-state index contributed by atoms with van der Waals surface area (Å²) in [5.41, 5.74) is 0.410. The molecule has 0 unspecified atom stereocenters. The number of fused-ring (bicyclic) bond motifs is 3. The van der Waals surface area contributed by atoms with Gasteiger partial charge in [-0.2, -0.15) is 0 Å². The Kier molecular flexibility index (Phi) is 5.54. The van der Waals surface area contributed by atoms with E-state index in [0.717, 1.165) is 30.3 Å². The minimum Gasteiger partial charge on any atom is -0.377 e. The third kappa shape index (κ3) is 4.12. The van der Waals surface area contributed by atoms with Crippen LogP contribution in [0.4, 0.5) is 5.00 Å². The van der Waals surface area contributed by atoms with Gasteiger partial charge >= 0.3 is 0 Å². The van der Waals surface area contributed by atoms with Crippen LogP contribution in [-0.4, -0.2) is 42.4 Å². The second kappa shape index (κ2) is 7.83. The fourth-order valence-corrected chi connectivity index (χ4v) is 7.20. The molecule has 0 saturated carbocycles. The standard InChI is InChI=1S/C21H25N3O2S3/c1-6-26-21(3,4)7-8-22-17-11-16-19(29-17)18-15(28-16)10-13(27-18)9-14-20(25)24(5)12(2)23-14/h9-11,22H,6-8H2,1-5H3/b14-9-. The Balaban J connectivity index is 1.52. The number of nitrogens with one attached hydrogen (secondary N) is 1. The first-order valence-electron chi connectivity index (χ1n) is 9.66. The van der Waals surface area contributed by atoms with Crippen LogP contribution in [0, 0.1) is 0 Å². The molecule has 0 atom stereocenters. The molecule has 0 saturated heterocycles. The molecule has 0 bridgehead atoms. The number of rotatable bonds is 7. The highest BCUT2D eigenvalue weighted by molar-refractivity contribution is 7.39. The summed E-state index contributed by atoms with van der Waals surface area (Å²) in [5, 5.41) is 4.75. The maximum atomic E-state index is 12.2. The molecule has 1 aliphatic heterocycles. The van der Waals surface area contributed by atoms with Crippen molar-refractivity contribution in [1.29, 1.82) is 0 Å². The fourth-order valence-electron chi connectivity index (χ4n) is 3.31. The minimum atomic E-state index is -0.105. The van der Waals surface area contributed by atoms with Crippen molar-refractivity contribution in [2.24, 2.45) is 4.99 Å². The molecule has 0 aliphatic carbocycles. The lowest BCUT2D eigenvalue weighted by Crippen LogP contribution is -2.27. The summed E-state index contributed by atoms with van der Waals surface area (Å²) in [6.07, 6.45) is 2.86. The number of carbonyl (C=O) groups is 1. The number of amides is 1. The Morgan fingerprint density at radius 3 is 2.62 bits per heavy atom. The molecular formula is C21H25N3O2S3. The van der Waals surface area contributed by atoms with Crippen LogP contribution in [0.1, 0.15) is 39.0 Å². The Labute approximate surface area is 182 Å². The number of likely N-dealkylation sites (N-methyl/N-ethyl adjacent to an activating group) is 1. The highest BCUT2D eigenvalue weighted by Crippen LogP contribution is 2.45. The summed E-state index contributed by atoms with van der Waals surface area (Å²) in [6, 6.07) is 4.41. The zero-order valence-electron chi connectivity index (χ0n) is 17.3. The predicted octanol–water partition coefficient (Wildman–Crippen LogP) is 6.03. The Morgan fingerprint density at radius 2 is 1.93 bits per heavy atom. The molecule has 4 rings (SSSR count). The molecule has 4 heterocycles. The van der Waals surface area contributed by atoms with Crippen molar-refractivity contribution < 1.29 is 9.53 Å². The lowest BCUT2D eigenvalue weighted by Gasteiger charge is -2.24. The van der Waals surface area contributed by atoms with Crippen LogP contribution in [0.25, 0.3) is 24.9 Å². The first-order valence-corrected chi connectivity index (χ1v) is 12.1. The SMILES string of the molecule is CCOC(C)(C)CCNc1cc2sc3cc(/C=C4\N=C(C)N(C)C4=O)sc3c2s1. The summed E-state index contributed by atoms with van der Waals surface area (Å²) in [7, 11) is 1.76. The van der Waals surface area contributed by atoms with Crippen LogP contribution in [0.5, 0.6) is 0 Å². The topological polar surface area (TPSA) is 53.9 Å². The fraction of sp³-hybridized carbons (Fsp3) is 0.429. The smallest absolute Gasteiger partial charge is 0.277 e. The number of carbonyl (C=O) groups excluding carboxylic acids is 1. The molecule has 1 amide bonds. The molecule has 1 N–H and O–H groups in total. The van der Waals surface area contributed by atoms with Crippen molar-refractivity contribution in [2.75, 3.05) is 25.5 Å². The van der Waals surface area contributed by atoms with Gasteiger partial charge in [-0.05, 0) is 52.3 Å². The van der Waals surface area contributed by atoms with E-state index >= 15 is 0 Å². The first-order chi connectivity index (χ1) is 13.8. The van der Waals surface area contributed by atoms with E-state index in [0.29, 0.717) is 5.70 Å². The van der Waals surface area contributed by atoms with Crippen LogP contribution < -0.4 is 5.32 Å². The normalized spacial score (nSPS) is 16.6. The van der Waals surface area contributed by atoms with Gasteiger partial charge in [0.25, 0.3) is 5.91 Å². The van der Waals surface area contributed by atoms with E-state index in [1.54, 1.807) is 46.0 Å². The van der Waals surface area contributed by atoms with E-state index in [-0.39, 0.29) is 11.5 Å². The average Bonchev–Trinajstić information content (AvgIpc) is 3.34. The lowest BCUT2D eigenvalue weighted by molar-refractivity contribution is -0.121. The average molecular weight is 448 g/mol. The van der Waals surface area contributed by atoms with Gasteiger partial charge in [0.15, 0.2) is 0 Å². The molecule has 5 nitrogen and oxygen atoms in total. The lowest BCUT2D eigenvalue weighted by atomic mass is 10.1. The van der Waals surface area contributed by atoms with Gasteiger partial charge in [-0.1, -0.05) is 0 Å². The molecule has 1 aliphatic rings. The van der Waals surface area contributed by atoms with Crippen LogP contribution in [0.15, 0.2) is 22.8 Å². The zero-order chi connectivity index (χ0) is 20.8. The zero-order valence-corrected chi connectivity index (χ0v) is 19.7. The Morgan fingerprint density at radius 1 is 1.21 bits per heavy atom. The number of hydrogen-bond donors (Lipinski definition) is 1. The second-order valence-corrected chi connectivity index (χ2v) is 10.9. The molecular weight excluding hydrogens is 422 g/mol. The number of nitrogens with zero attached hydrogens (tertiary/aromatic N) is 2. The molecule has 8 heteroatoms. The number of aliphatic imine (C=N–C) groups is 1. The molecule has 3 aromatic rings. The van der Waals surface area contributed by atoms with Gasteiger partial charge in [-0.3, -0.25) is 9.69 Å². The van der Waals surface area contributed by atoms with Crippen molar-refractivity contribution in [3.05, 3.63) is 22.7 Å². The second-order valence-electron chi connectivity index (χ2n) is 7.67. The van der Waals surface area contributed by atoms with Gasteiger partial charge in [0, 0.05) is 34.5 Å². The molecule has 154 valence electrons. The van der Waals surface area contributed by atoms with E-state index in [1.807, 2.05) is 19.9 Å². The molecule has 29 heavy (non-hydrogen) atoms. The van der Waals surface area contributed by atoms with Crippen molar-refractivity contribution in [1.82, 2.24) is 4.90 Å². The first kappa shape index (κ1) is 20.5. The summed E-state index contributed by atoms with van der Waals surface area (Å²) in [6.45, 7) is 9.78. The third-order valence-corrected chi connectivity index (χ3v) is 8.65.